The number of amides is 1. The van der Waals surface area contributed by atoms with E-state index in [4.69, 9.17) is 9.47 Å². The highest BCUT2D eigenvalue weighted by Gasteiger charge is 2.48. The SMILES string of the molecule is COCc1ccc(NC2CC(Nc3ccc(C)c(C(F)(F)F)n3)NC3NN(C)C(=O)C23)c(OC)c1. The van der Waals surface area contributed by atoms with E-state index < -0.39 is 30.1 Å². The predicted octanol–water partition coefficient (Wildman–Crippen LogP) is 2.69. The highest BCUT2D eigenvalue weighted by atomic mass is 19.4. The van der Waals surface area contributed by atoms with Crippen LogP contribution in [0.15, 0.2) is 30.3 Å². The van der Waals surface area contributed by atoms with Gasteiger partial charge in [0.25, 0.3) is 0 Å². The number of nitrogens with zero attached hydrogens (tertiary/aromatic N) is 2. The number of carbonyl (C=O) groups excluding carboxylic acids is 1. The van der Waals surface area contributed by atoms with Crippen LogP contribution in [0.5, 0.6) is 5.75 Å². The van der Waals surface area contributed by atoms with Crippen molar-refractivity contribution in [2.45, 2.75) is 44.5 Å². The van der Waals surface area contributed by atoms with Gasteiger partial charge < -0.3 is 20.1 Å². The van der Waals surface area contributed by atoms with Crippen LogP contribution in [0.25, 0.3) is 0 Å². The van der Waals surface area contributed by atoms with Crippen molar-refractivity contribution in [2.75, 3.05) is 31.9 Å². The number of halogens is 3. The molecule has 1 aromatic carbocycles. The number of aryl methyl sites for hydroxylation is 1. The second-order valence-corrected chi connectivity index (χ2v) is 8.71. The number of rotatable bonds is 7. The first kappa shape index (κ1) is 25.0. The number of piperidine rings is 1. The zero-order valence-electron chi connectivity index (χ0n) is 19.9. The molecule has 1 aromatic heterocycles. The van der Waals surface area contributed by atoms with Gasteiger partial charge in [-0.05, 0) is 36.2 Å². The van der Waals surface area contributed by atoms with Crippen LogP contribution in [0.2, 0.25) is 0 Å². The standard InChI is InChI=1S/C23H29F3N6O3/c1-12-5-8-17(29-20(12)23(24,25)26)28-18-10-15(19-21(30-18)31-32(2)22(19)33)27-14-7-6-13(11-34-3)9-16(14)35-4/h5-9,15,18-19,21,27,30-31H,10-11H2,1-4H3,(H,28,29). The number of ether oxygens (including phenoxy) is 2. The molecule has 1 amide bonds. The summed E-state index contributed by atoms with van der Waals surface area (Å²) in [5.74, 6) is 0.150. The first-order valence-electron chi connectivity index (χ1n) is 11.1. The summed E-state index contributed by atoms with van der Waals surface area (Å²) in [6.45, 7) is 1.80. The van der Waals surface area contributed by atoms with Gasteiger partial charge in [-0.15, -0.1) is 0 Å². The molecule has 0 radical (unpaired) electrons. The summed E-state index contributed by atoms with van der Waals surface area (Å²) in [4.78, 5) is 16.7. The lowest BCUT2D eigenvalue weighted by Gasteiger charge is -2.39. The van der Waals surface area contributed by atoms with Gasteiger partial charge in [0.05, 0.1) is 37.7 Å². The van der Waals surface area contributed by atoms with Crippen LogP contribution >= 0.6 is 0 Å². The molecule has 4 atom stereocenters. The molecule has 0 aliphatic carbocycles. The number of fused-ring (bicyclic) bond motifs is 1. The fourth-order valence-corrected chi connectivity index (χ4v) is 4.58. The van der Waals surface area contributed by atoms with E-state index in [0.717, 1.165) is 5.56 Å². The summed E-state index contributed by atoms with van der Waals surface area (Å²) in [6.07, 6.45) is -5.05. The smallest absolute Gasteiger partial charge is 0.433 e. The van der Waals surface area contributed by atoms with E-state index in [9.17, 15) is 18.0 Å². The Hall–Kier alpha value is -3.09. The van der Waals surface area contributed by atoms with Crippen molar-refractivity contribution in [1.82, 2.24) is 20.7 Å². The van der Waals surface area contributed by atoms with Gasteiger partial charge in [-0.2, -0.15) is 13.2 Å². The number of benzene rings is 1. The zero-order valence-corrected chi connectivity index (χ0v) is 19.9. The third kappa shape index (κ3) is 5.29. The Balaban J connectivity index is 1.58. The fourth-order valence-electron chi connectivity index (χ4n) is 4.58. The molecule has 2 fully saturated rings. The topological polar surface area (TPSA) is 99.8 Å². The Morgan fingerprint density at radius 2 is 1.97 bits per heavy atom. The van der Waals surface area contributed by atoms with Crippen LogP contribution in [-0.4, -0.2) is 55.5 Å². The number of pyridine rings is 1. The van der Waals surface area contributed by atoms with Gasteiger partial charge in [0.1, 0.15) is 17.3 Å². The number of methoxy groups -OCH3 is 2. The lowest BCUT2D eigenvalue weighted by Crippen LogP contribution is -2.60. The molecular weight excluding hydrogens is 465 g/mol. The lowest BCUT2D eigenvalue weighted by molar-refractivity contribution is -0.141. The minimum absolute atomic E-state index is 0.0490. The number of hydrogen-bond donors (Lipinski definition) is 4. The number of hydrogen-bond acceptors (Lipinski definition) is 8. The third-order valence-electron chi connectivity index (χ3n) is 6.22. The lowest BCUT2D eigenvalue weighted by atomic mass is 9.88. The largest absolute Gasteiger partial charge is 0.495 e. The van der Waals surface area contributed by atoms with E-state index in [-0.39, 0.29) is 23.3 Å². The molecule has 9 nitrogen and oxygen atoms in total. The molecule has 0 bridgehead atoms. The molecule has 190 valence electrons. The van der Waals surface area contributed by atoms with Gasteiger partial charge in [-0.1, -0.05) is 12.1 Å². The van der Waals surface area contributed by atoms with E-state index >= 15 is 0 Å². The number of alkyl halides is 3. The van der Waals surface area contributed by atoms with E-state index in [0.29, 0.717) is 24.5 Å². The van der Waals surface area contributed by atoms with Gasteiger partial charge in [0.15, 0.2) is 0 Å². The second-order valence-electron chi connectivity index (χ2n) is 8.71. The summed E-state index contributed by atoms with van der Waals surface area (Å²) < 4.78 is 50.7. The van der Waals surface area contributed by atoms with E-state index in [1.54, 1.807) is 21.3 Å². The molecule has 3 heterocycles. The summed E-state index contributed by atoms with van der Waals surface area (Å²) in [7, 11) is 4.81. The van der Waals surface area contributed by atoms with Crippen LogP contribution in [0.4, 0.5) is 24.7 Å². The number of anilines is 2. The van der Waals surface area contributed by atoms with Crippen molar-refractivity contribution in [1.29, 1.82) is 0 Å². The maximum Gasteiger partial charge on any atom is 0.433 e. The minimum Gasteiger partial charge on any atom is -0.495 e. The van der Waals surface area contributed by atoms with Crippen molar-refractivity contribution < 1.29 is 27.4 Å². The summed E-state index contributed by atoms with van der Waals surface area (Å²) in [5.41, 5.74) is 3.83. The molecule has 2 aromatic rings. The van der Waals surface area contributed by atoms with Crippen molar-refractivity contribution in [3.63, 3.8) is 0 Å². The monoisotopic (exact) mass is 494 g/mol. The van der Waals surface area contributed by atoms with Gasteiger partial charge in [0, 0.05) is 26.6 Å². The second kappa shape index (κ2) is 9.88. The van der Waals surface area contributed by atoms with Gasteiger partial charge >= 0.3 is 6.18 Å². The van der Waals surface area contributed by atoms with Crippen LogP contribution in [-0.2, 0) is 22.3 Å². The molecule has 4 N–H and O–H groups in total. The highest BCUT2D eigenvalue weighted by molar-refractivity contribution is 5.82. The quantitative estimate of drug-likeness (QED) is 0.467. The van der Waals surface area contributed by atoms with Crippen molar-refractivity contribution in [3.8, 4) is 5.75 Å². The van der Waals surface area contributed by atoms with Gasteiger partial charge in [0.2, 0.25) is 5.91 Å². The number of carbonyl (C=O) groups is 1. The first-order chi connectivity index (χ1) is 16.6. The maximum absolute atomic E-state index is 13.3. The summed E-state index contributed by atoms with van der Waals surface area (Å²) >= 11 is 0. The van der Waals surface area contributed by atoms with Crippen molar-refractivity contribution in [3.05, 3.63) is 47.2 Å². The molecule has 0 saturated carbocycles. The Kier molecular flexibility index (Phi) is 7.06. The van der Waals surface area contributed by atoms with Gasteiger partial charge in [-0.3, -0.25) is 15.1 Å². The predicted molar refractivity (Wildman–Crippen MR) is 123 cm³/mol. The van der Waals surface area contributed by atoms with Crippen molar-refractivity contribution in [2.24, 2.45) is 5.92 Å². The molecule has 2 aliphatic rings. The molecule has 2 saturated heterocycles. The van der Waals surface area contributed by atoms with Crippen LogP contribution in [0.3, 0.4) is 0 Å². The summed E-state index contributed by atoms with van der Waals surface area (Å²) in [5, 5.41) is 11.2. The number of aromatic nitrogens is 1. The molecule has 12 heteroatoms. The molecule has 0 spiro atoms. The van der Waals surface area contributed by atoms with Gasteiger partial charge in [-0.25, -0.2) is 10.4 Å². The third-order valence-corrected chi connectivity index (χ3v) is 6.22. The molecule has 4 unspecified atom stereocenters. The molecule has 2 aliphatic heterocycles. The Bertz CT molecular complexity index is 1080. The van der Waals surface area contributed by atoms with Crippen LogP contribution < -0.4 is 26.1 Å². The Morgan fingerprint density at radius 3 is 2.66 bits per heavy atom. The Labute approximate surface area is 201 Å². The fraction of sp³-hybridized carbons (Fsp3) is 0.478. The molecule has 35 heavy (non-hydrogen) atoms. The van der Waals surface area contributed by atoms with E-state index in [2.05, 4.69) is 26.4 Å². The minimum atomic E-state index is -4.55. The maximum atomic E-state index is 13.3. The van der Waals surface area contributed by atoms with Crippen LogP contribution in [0.1, 0.15) is 23.2 Å². The average molecular weight is 495 g/mol. The zero-order chi connectivity index (χ0) is 25.3. The first-order valence-corrected chi connectivity index (χ1v) is 11.1. The van der Waals surface area contributed by atoms with E-state index in [1.807, 2.05) is 18.2 Å². The highest BCUT2D eigenvalue weighted by Crippen LogP contribution is 2.34. The number of nitrogens with one attached hydrogen (secondary N) is 4. The molecule has 4 rings (SSSR count). The number of hydrazine groups is 1. The summed E-state index contributed by atoms with van der Waals surface area (Å²) in [6, 6.07) is 8.17. The van der Waals surface area contributed by atoms with Crippen LogP contribution in [0, 0.1) is 12.8 Å². The van der Waals surface area contributed by atoms with E-state index in [1.165, 1.54) is 24.1 Å². The molecular formula is C23H29F3N6O3. The average Bonchev–Trinajstić information content (AvgIpc) is 3.09. The normalized spacial score (nSPS) is 24.3. The van der Waals surface area contributed by atoms with Crippen molar-refractivity contribution >= 4 is 17.4 Å². The Morgan fingerprint density at radius 1 is 1.20 bits per heavy atom.